The Labute approximate surface area is 77.5 Å². The largest absolute Gasteiger partial charge is 0.481 e. The van der Waals surface area contributed by atoms with Gasteiger partial charge in [-0.2, -0.15) is 0 Å². The first-order chi connectivity index (χ1) is 5.69. The molecule has 0 bridgehead atoms. The predicted molar refractivity (Wildman–Crippen MR) is 49.8 cm³/mol. The van der Waals surface area contributed by atoms with Crippen molar-refractivity contribution in [2.24, 2.45) is 0 Å². The molecule has 0 aliphatic carbocycles. The summed E-state index contributed by atoms with van der Waals surface area (Å²) in [4.78, 5) is 4.22. The van der Waals surface area contributed by atoms with Gasteiger partial charge in [0.15, 0.2) is 0 Å². The highest BCUT2D eigenvalue weighted by molar-refractivity contribution is 6.17. The van der Waals surface area contributed by atoms with Gasteiger partial charge in [0.25, 0.3) is 0 Å². The van der Waals surface area contributed by atoms with E-state index in [2.05, 4.69) is 4.98 Å². The summed E-state index contributed by atoms with van der Waals surface area (Å²) in [5.41, 5.74) is 3.17. The van der Waals surface area contributed by atoms with Gasteiger partial charge in [0.05, 0.1) is 7.11 Å². The second kappa shape index (κ2) is 3.76. The van der Waals surface area contributed by atoms with Crippen molar-refractivity contribution in [3.05, 3.63) is 22.9 Å². The summed E-state index contributed by atoms with van der Waals surface area (Å²) in [6.07, 6.45) is 0. The van der Waals surface area contributed by atoms with Crippen LogP contribution in [0.25, 0.3) is 0 Å². The first-order valence-electron chi connectivity index (χ1n) is 3.76. The molecule has 1 rings (SSSR count). The second-order valence-corrected chi connectivity index (χ2v) is 2.95. The molecule has 1 aromatic heterocycles. The zero-order chi connectivity index (χ0) is 9.14. The van der Waals surface area contributed by atoms with Crippen LogP contribution in [-0.2, 0) is 5.88 Å². The van der Waals surface area contributed by atoms with Crippen LogP contribution in [0.1, 0.15) is 16.8 Å². The average Bonchev–Trinajstić information content (AvgIpc) is 2.03. The van der Waals surface area contributed by atoms with Crippen LogP contribution in [-0.4, -0.2) is 12.1 Å². The summed E-state index contributed by atoms with van der Waals surface area (Å²) in [6, 6.07) is 1.89. The Hall–Kier alpha value is -0.760. The molecule has 0 aromatic carbocycles. The van der Waals surface area contributed by atoms with Crippen molar-refractivity contribution in [3.63, 3.8) is 0 Å². The van der Waals surface area contributed by atoms with E-state index in [1.54, 1.807) is 7.11 Å². The van der Waals surface area contributed by atoms with Gasteiger partial charge in [-0.3, -0.25) is 0 Å². The number of hydrogen-bond acceptors (Lipinski definition) is 2. The average molecular weight is 186 g/mol. The smallest absolute Gasteiger partial charge is 0.213 e. The summed E-state index contributed by atoms with van der Waals surface area (Å²) in [5.74, 6) is 1.16. The van der Waals surface area contributed by atoms with Gasteiger partial charge in [-0.05, 0) is 25.0 Å². The topological polar surface area (TPSA) is 22.1 Å². The number of alkyl halides is 1. The molecule has 0 spiro atoms. The molecular formula is C9H12ClNO. The molecule has 0 saturated heterocycles. The number of methoxy groups -OCH3 is 1. The van der Waals surface area contributed by atoms with Crippen LogP contribution < -0.4 is 4.74 Å². The standard InChI is InChI=1S/C9H12ClNO/c1-6-4-9(12-3)11-7(2)8(6)5-10/h4H,5H2,1-3H3. The van der Waals surface area contributed by atoms with Crippen LogP contribution in [0.3, 0.4) is 0 Å². The summed E-state index contributed by atoms with van der Waals surface area (Å²) in [6.45, 7) is 3.95. The van der Waals surface area contributed by atoms with Gasteiger partial charge >= 0.3 is 0 Å². The molecule has 0 radical (unpaired) electrons. The zero-order valence-corrected chi connectivity index (χ0v) is 8.27. The van der Waals surface area contributed by atoms with Crippen LogP contribution in [0.4, 0.5) is 0 Å². The van der Waals surface area contributed by atoms with Crippen molar-refractivity contribution < 1.29 is 4.74 Å². The minimum absolute atomic E-state index is 0.509. The van der Waals surface area contributed by atoms with Crippen LogP contribution in [0.15, 0.2) is 6.07 Å². The Balaban J connectivity index is 3.18. The van der Waals surface area contributed by atoms with Crippen LogP contribution in [0.2, 0.25) is 0 Å². The lowest BCUT2D eigenvalue weighted by Crippen LogP contribution is -1.97. The Bertz CT molecular complexity index is 263. The third kappa shape index (κ3) is 1.69. The van der Waals surface area contributed by atoms with E-state index in [4.69, 9.17) is 16.3 Å². The quantitative estimate of drug-likeness (QED) is 0.661. The highest BCUT2D eigenvalue weighted by Crippen LogP contribution is 2.18. The Morgan fingerprint density at radius 3 is 2.58 bits per heavy atom. The molecule has 0 aliphatic rings. The van der Waals surface area contributed by atoms with Gasteiger partial charge in [0.2, 0.25) is 5.88 Å². The van der Waals surface area contributed by atoms with Gasteiger partial charge < -0.3 is 4.74 Å². The van der Waals surface area contributed by atoms with Crippen LogP contribution in [0, 0.1) is 13.8 Å². The minimum atomic E-state index is 0.509. The summed E-state index contributed by atoms with van der Waals surface area (Å²) < 4.78 is 5.02. The van der Waals surface area contributed by atoms with Crippen LogP contribution in [0.5, 0.6) is 5.88 Å². The fraction of sp³-hybridized carbons (Fsp3) is 0.444. The van der Waals surface area contributed by atoms with Crippen molar-refractivity contribution >= 4 is 11.6 Å². The van der Waals surface area contributed by atoms with Gasteiger partial charge in [-0.25, -0.2) is 4.98 Å². The summed E-state index contributed by atoms with van der Waals surface area (Å²) in [7, 11) is 1.61. The van der Waals surface area contributed by atoms with Gasteiger partial charge in [-0.15, -0.1) is 11.6 Å². The highest BCUT2D eigenvalue weighted by Gasteiger charge is 2.04. The van der Waals surface area contributed by atoms with Crippen molar-refractivity contribution in [2.75, 3.05) is 7.11 Å². The Kier molecular flexibility index (Phi) is 2.93. The number of nitrogens with zero attached hydrogens (tertiary/aromatic N) is 1. The van der Waals surface area contributed by atoms with E-state index in [1.165, 1.54) is 0 Å². The third-order valence-electron chi connectivity index (χ3n) is 1.87. The van der Waals surface area contributed by atoms with Crippen molar-refractivity contribution in [2.45, 2.75) is 19.7 Å². The first-order valence-corrected chi connectivity index (χ1v) is 4.29. The number of rotatable bonds is 2. The number of halogens is 1. The summed E-state index contributed by atoms with van der Waals surface area (Å²) in [5, 5.41) is 0. The maximum absolute atomic E-state index is 5.75. The lowest BCUT2D eigenvalue weighted by atomic mass is 10.1. The van der Waals surface area contributed by atoms with E-state index in [0.29, 0.717) is 11.8 Å². The number of hydrogen-bond donors (Lipinski definition) is 0. The molecule has 1 heterocycles. The third-order valence-corrected chi connectivity index (χ3v) is 2.14. The summed E-state index contributed by atoms with van der Waals surface area (Å²) >= 11 is 5.75. The highest BCUT2D eigenvalue weighted by atomic mass is 35.5. The second-order valence-electron chi connectivity index (χ2n) is 2.68. The van der Waals surface area contributed by atoms with Crippen LogP contribution >= 0.6 is 11.6 Å². The molecule has 1 aromatic rings. The SMILES string of the molecule is COc1cc(C)c(CCl)c(C)n1. The molecule has 3 heteroatoms. The number of ether oxygens (including phenoxy) is 1. The van der Waals surface area contributed by atoms with E-state index in [9.17, 15) is 0 Å². The molecular weight excluding hydrogens is 174 g/mol. The Morgan fingerprint density at radius 2 is 2.17 bits per heavy atom. The zero-order valence-electron chi connectivity index (χ0n) is 7.52. The molecule has 0 N–H and O–H groups in total. The Morgan fingerprint density at radius 1 is 1.50 bits per heavy atom. The molecule has 2 nitrogen and oxygen atoms in total. The maximum atomic E-state index is 5.75. The molecule has 0 atom stereocenters. The molecule has 0 fully saturated rings. The minimum Gasteiger partial charge on any atom is -0.481 e. The lowest BCUT2D eigenvalue weighted by Gasteiger charge is -2.07. The molecule has 0 aliphatic heterocycles. The monoisotopic (exact) mass is 185 g/mol. The molecule has 0 unspecified atom stereocenters. The normalized spacial score (nSPS) is 10.0. The van der Waals surface area contributed by atoms with Gasteiger partial charge in [0.1, 0.15) is 0 Å². The van der Waals surface area contributed by atoms with Crippen molar-refractivity contribution in [1.82, 2.24) is 4.98 Å². The molecule has 66 valence electrons. The van der Waals surface area contributed by atoms with E-state index >= 15 is 0 Å². The van der Waals surface area contributed by atoms with Gasteiger partial charge in [0, 0.05) is 17.6 Å². The predicted octanol–water partition coefficient (Wildman–Crippen LogP) is 2.45. The molecule has 12 heavy (non-hydrogen) atoms. The van der Waals surface area contributed by atoms with Gasteiger partial charge in [-0.1, -0.05) is 0 Å². The molecule has 0 saturated carbocycles. The maximum Gasteiger partial charge on any atom is 0.213 e. The van der Waals surface area contributed by atoms with Crippen molar-refractivity contribution in [1.29, 1.82) is 0 Å². The fourth-order valence-electron chi connectivity index (χ4n) is 1.13. The lowest BCUT2D eigenvalue weighted by molar-refractivity contribution is 0.396. The van der Waals surface area contributed by atoms with E-state index < -0.39 is 0 Å². The number of pyridine rings is 1. The number of aromatic nitrogens is 1. The van der Waals surface area contributed by atoms with E-state index in [1.807, 2.05) is 19.9 Å². The van der Waals surface area contributed by atoms with Crippen molar-refractivity contribution in [3.8, 4) is 5.88 Å². The van der Waals surface area contributed by atoms with E-state index in [0.717, 1.165) is 16.8 Å². The fourth-order valence-corrected chi connectivity index (χ4v) is 1.53. The van der Waals surface area contributed by atoms with E-state index in [-0.39, 0.29) is 0 Å². The first kappa shape index (κ1) is 9.33. The number of aryl methyl sites for hydroxylation is 2. The molecule has 0 amide bonds.